The number of carbonyl (C=O) groups excluding carboxylic acids is 3. The van der Waals surface area contributed by atoms with Crippen LogP contribution >= 0.6 is 22.9 Å². The molecule has 0 aliphatic rings. The molecule has 1 unspecified atom stereocenters. The van der Waals surface area contributed by atoms with Gasteiger partial charge in [0, 0.05) is 17.9 Å². The summed E-state index contributed by atoms with van der Waals surface area (Å²) in [5.41, 5.74) is 0.637. The van der Waals surface area contributed by atoms with Crippen molar-refractivity contribution < 1.29 is 19.1 Å². The standard InChI is InChI=1S/C20H22ClNO4S/c1-13(2)26-20(25)12-16(14-6-3-4-7-15(14)21)22-19(24)10-9-17(23)18-8-5-11-27-18/h3-8,11,13,16H,9-10,12H2,1-2H3,(H,22,24). The fourth-order valence-electron chi connectivity index (χ4n) is 2.53. The van der Waals surface area contributed by atoms with Crippen LogP contribution < -0.4 is 5.32 Å². The second kappa shape index (κ2) is 10.2. The van der Waals surface area contributed by atoms with Crippen molar-refractivity contribution in [3.63, 3.8) is 0 Å². The van der Waals surface area contributed by atoms with Gasteiger partial charge in [0.25, 0.3) is 0 Å². The Balaban J connectivity index is 2.02. The maximum Gasteiger partial charge on any atom is 0.308 e. The van der Waals surface area contributed by atoms with E-state index >= 15 is 0 Å². The van der Waals surface area contributed by atoms with Crippen molar-refractivity contribution in [1.82, 2.24) is 5.32 Å². The highest BCUT2D eigenvalue weighted by Crippen LogP contribution is 2.26. The number of carbonyl (C=O) groups is 3. The lowest BCUT2D eigenvalue weighted by Gasteiger charge is -2.20. The van der Waals surface area contributed by atoms with Crippen LogP contribution in [0.15, 0.2) is 41.8 Å². The van der Waals surface area contributed by atoms with Gasteiger partial charge in [-0.3, -0.25) is 14.4 Å². The molecular formula is C20H22ClNO4S. The SMILES string of the molecule is CC(C)OC(=O)CC(NC(=O)CCC(=O)c1cccs1)c1ccccc1Cl. The van der Waals surface area contributed by atoms with Gasteiger partial charge in [-0.05, 0) is 36.9 Å². The molecule has 0 saturated carbocycles. The normalized spacial score (nSPS) is 11.9. The molecule has 144 valence electrons. The minimum Gasteiger partial charge on any atom is -0.463 e. The summed E-state index contributed by atoms with van der Waals surface area (Å²) < 4.78 is 5.18. The Bertz CT molecular complexity index is 789. The highest BCUT2D eigenvalue weighted by atomic mass is 35.5. The largest absolute Gasteiger partial charge is 0.463 e. The second-order valence-corrected chi connectivity index (χ2v) is 7.64. The lowest BCUT2D eigenvalue weighted by molar-refractivity contribution is -0.148. The number of amides is 1. The van der Waals surface area contributed by atoms with Crippen LogP contribution in [-0.4, -0.2) is 23.8 Å². The third-order valence-corrected chi connectivity index (χ3v) is 4.98. The third-order valence-electron chi connectivity index (χ3n) is 3.73. The fourth-order valence-corrected chi connectivity index (χ4v) is 3.49. The Morgan fingerprint density at radius 3 is 2.48 bits per heavy atom. The van der Waals surface area contributed by atoms with Crippen LogP contribution in [0, 0.1) is 0 Å². The molecule has 1 atom stereocenters. The van der Waals surface area contributed by atoms with E-state index in [1.165, 1.54) is 11.3 Å². The molecule has 0 fully saturated rings. The van der Waals surface area contributed by atoms with Crippen LogP contribution in [0.25, 0.3) is 0 Å². The summed E-state index contributed by atoms with van der Waals surface area (Å²) >= 11 is 7.58. The number of rotatable bonds is 9. The van der Waals surface area contributed by atoms with Gasteiger partial charge in [-0.25, -0.2) is 0 Å². The van der Waals surface area contributed by atoms with E-state index in [1.807, 2.05) is 5.38 Å². The van der Waals surface area contributed by atoms with Gasteiger partial charge in [0.1, 0.15) is 0 Å². The van der Waals surface area contributed by atoms with Crippen molar-refractivity contribution in [2.24, 2.45) is 0 Å². The summed E-state index contributed by atoms with van der Waals surface area (Å²) in [5.74, 6) is -0.819. The molecule has 0 radical (unpaired) electrons. The molecule has 1 N–H and O–H groups in total. The van der Waals surface area contributed by atoms with Gasteiger partial charge in [0.05, 0.1) is 23.4 Å². The van der Waals surface area contributed by atoms with Gasteiger partial charge in [-0.2, -0.15) is 0 Å². The molecule has 2 aromatic rings. The van der Waals surface area contributed by atoms with Gasteiger partial charge in [-0.15, -0.1) is 11.3 Å². The predicted octanol–water partition coefficient (Wildman–Crippen LogP) is 4.56. The molecule has 0 aliphatic heterocycles. The van der Waals surface area contributed by atoms with Gasteiger partial charge in [-0.1, -0.05) is 35.9 Å². The monoisotopic (exact) mass is 407 g/mol. The summed E-state index contributed by atoms with van der Waals surface area (Å²) in [6, 6.07) is 9.93. The number of nitrogens with one attached hydrogen (secondary N) is 1. The molecule has 1 aromatic heterocycles. The number of Topliss-reactive ketones (excluding diaryl/α,β-unsaturated/α-hetero) is 1. The van der Waals surface area contributed by atoms with Gasteiger partial charge >= 0.3 is 5.97 Å². The highest BCUT2D eigenvalue weighted by molar-refractivity contribution is 7.12. The van der Waals surface area contributed by atoms with Crippen molar-refractivity contribution in [2.45, 2.75) is 45.3 Å². The third kappa shape index (κ3) is 6.81. The Morgan fingerprint density at radius 2 is 1.85 bits per heavy atom. The first-order chi connectivity index (χ1) is 12.9. The lowest BCUT2D eigenvalue weighted by Crippen LogP contribution is -2.31. The Labute approximate surface area is 167 Å². The molecule has 5 nitrogen and oxygen atoms in total. The van der Waals surface area contributed by atoms with Crippen LogP contribution in [0.4, 0.5) is 0 Å². The van der Waals surface area contributed by atoms with Crippen LogP contribution in [0.1, 0.15) is 54.4 Å². The number of hydrogen-bond donors (Lipinski definition) is 1. The maximum atomic E-state index is 12.4. The minimum absolute atomic E-state index is 0.0352. The zero-order valence-corrected chi connectivity index (χ0v) is 16.8. The first-order valence-corrected chi connectivity index (χ1v) is 9.92. The van der Waals surface area contributed by atoms with E-state index in [4.69, 9.17) is 16.3 Å². The number of esters is 1. The van der Waals surface area contributed by atoms with Crippen molar-refractivity contribution in [2.75, 3.05) is 0 Å². The fraction of sp³-hybridized carbons (Fsp3) is 0.350. The summed E-state index contributed by atoms with van der Waals surface area (Å²) in [6.45, 7) is 3.52. The van der Waals surface area contributed by atoms with Gasteiger partial charge in [0.15, 0.2) is 5.78 Å². The number of ketones is 1. The van der Waals surface area contributed by atoms with Crippen molar-refractivity contribution in [3.8, 4) is 0 Å². The molecule has 0 spiro atoms. The summed E-state index contributed by atoms with van der Waals surface area (Å²) in [4.78, 5) is 37.1. The van der Waals surface area contributed by atoms with Crippen molar-refractivity contribution >= 4 is 40.6 Å². The van der Waals surface area contributed by atoms with E-state index < -0.39 is 12.0 Å². The molecule has 27 heavy (non-hydrogen) atoms. The molecule has 2 rings (SSSR count). The zero-order valence-electron chi connectivity index (χ0n) is 15.2. The van der Waals surface area contributed by atoms with E-state index in [9.17, 15) is 14.4 Å². The highest BCUT2D eigenvalue weighted by Gasteiger charge is 2.22. The maximum absolute atomic E-state index is 12.4. The van der Waals surface area contributed by atoms with E-state index in [0.717, 1.165) is 0 Å². The summed E-state index contributed by atoms with van der Waals surface area (Å²) in [5, 5.41) is 5.08. The second-order valence-electron chi connectivity index (χ2n) is 6.28. The number of thiophene rings is 1. The van der Waals surface area contributed by atoms with E-state index in [0.29, 0.717) is 15.5 Å². The molecule has 1 aromatic carbocycles. The Morgan fingerprint density at radius 1 is 1.11 bits per heavy atom. The molecule has 0 aliphatic carbocycles. The Hall–Kier alpha value is -2.18. The predicted molar refractivity (Wildman–Crippen MR) is 106 cm³/mol. The number of ether oxygens (including phenoxy) is 1. The average molecular weight is 408 g/mol. The van der Waals surface area contributed by atoms with E-state index in [2.05, 4.69) is 5.32 Å². The molecular weight excluding hydrogens is 386 g/mol. The zero-order chi connectivity index (χ0) is 19.8. The summed E-state index contributed by atoms with van der Waals surface area (Å²) in [7, 11) is 0. The van der Waals surface area contributed by atoms with Gasteiger partial charge in [0.2, 0.25) is 5.91 Å². The van der Waals surface area contributed by atoms with Crippen LogP contribution in [0.2, 0.25) is 5.02 Å². The van der Waals surface area contributed by atoms with Crippen molar-refractivity contribution in [1.29, 1.82) is 0 Å². The molecule has 7 heteroatoms. The topological polar surface area (TPSA) is 72.5 Å². The molecule has 0 saturated heterocycles. The van der Waals surface area contributed by atoms with Gasteiger partial charge < -0.3 is 10.1 Å². The lowest BCUT2D eigenvalue weighted by atomic mass is 10.0. The van der Waals surface area contributed by atoms with E-state index in [1.54, 1.807) is 50.2 Å². The number of hydrogen-bond acceptors (Lipinski definition) is 5. The minimum atomic E-state index is -0.616. The molecule has 1 heterocycles. The first kappa shape index (κ1) is 21.1. The Kier molecular flexibility index (Phi) is 8.00. The number of halogens is 1. The smallest absolute Gasteiger partial charge is 0.308 e. The van der Waals surface area contributed by atoms with Crippen LogP contribution in [-0.2, 0) is 14.3 Å². The van der Waals surface area contributed by atoms with Crippen LogP contribution in [0.3, 0.4) is 0 Å². The van der Waals surface area contributed by atoms with Crippen molar-refractivity contribution in [3.05, 3.63) is 57.2 Å². The molecule has 1 amide bonds. The summed E-state index contributed by atoms with van der Waals surface area (Å²) in [6.07, 6.45) is -0.134. The quantitative estimate of drug-likeness (QED) is 0.488. The van der Waals surface area contributed by atoms with Crippen LogP contribution in [0.5, 0.6) is 0 Å². The molecule has 0 bridgehead atoms. The van der Waals surface area contributed by atoms with E-state index in [-0.39, 0.29) is 37.1 Å². The average Bonchev–Trinajstić information content (AvgIpc) is 3.13. The first-order valence-electron chi connectivity index (χ1n) is 8.66. The number of benzene rings is 1.